The van der Waals surface area contributed by atoms with Crippen LogP contribution in [0.4, 0.5) is 0 Å². The van der Waals surface area contributed by atoms with Gasteiger partial charge in [-0.25, -0.2) is 0 Å². The van der Waals surface area contributed by atoms with Crippen molar-refractivity contribution >= 4 is 36.1 Å². The van der Waals surface area contributed by atoms with Crippen molar-refractivity contribution in [3.8, 4) is 9.75 Å². The van der Waals surface area contributed by atoms with Gasteiger partial charge in [0.05, 0.1) is 0 Å². The van der Waals surface area contributed by atoms with Gasteiger partial charge in [-0.05, 0) is 0 Å². The Bertz CT molecular complexity index is 537. The Hall–Kier alpha value is -0.665. The minimum absolute atomic E-state index is 1.23. The number of unbranched alkanes of at least 4 members (excludes halogenated alkanes) is 3. The van der Waals surface area contributed by atoms with Crippen LogP contribution in [-0.2, 0) is 6.42 Å². The molecule has 0 bridgehead atoms. The van der Waals surface area contributed by atoms with E-state index in [9.17, 15) is 0 Å². The van der Waals surface area contributed by atoms with E-state index >= 15 is 0 Å². The molecule has 100 valence electrons. The molecule has 0 amide bonds. The third kappa shape index (κ3) is 3.67. The Kier molecular flexibility index (Phi) is 5.59. The Balaban J connectivity index is 2.10. The van der Waals surface area contributed by atoms with Crippen LogP contribution in [0.1, 0.15) is 48.6 Å². The summed E-state index contributed by atoms with van der Waals surface area (Å²) in [5.74, 6) is 1.96. The molecule has 0 radical (unpaired) electrons. The third-order valence-electron chi connectivity index (χ3n) is 3.46. The molecule has 0 aliphatic rings. The van der Waals surface area contributed by atoms with Gasteiger partial charge in [0.2, 0.25) is 0 Å². The molecule has 2 aromatic heterocycles. The van der Waals surface area contributed by atoms with Crippen LogP contribution in [0.15, 0.2) is 17.5 Å². The van der Waals surface area contributed by atoms with Crippen LogP contribution in [0.25, 0.3) is 9.75 Å². The molecule has 0 saturated carbocycles. The maximum atomic E-state index is 3.90. The van der Waals surface area contributed by atoms with Crippen molar-refractivity contribution in [2.24, 2.45) is 0 Å². The first-order valence-corrected chi connectivity index (χ1v) is 8.75. The van der Waals surface area contributed by atoms with Gasteiger partial charge < -0.3 is 0 Å². The number of hydrogen-bond acceptors (Lipinski definition) is 2. The van der Waals surface area contributed by atoms with Gasteiger partial charge in [0.25, 0.3) is 0 Å². The fourth-order valence-corrected chi connectivity index (χ4v) is 4.42. The van der Waals surface area contributed by atoms with Gasteiger partial charge in [-0.1, -0.05) is 0 Å². The van der Waals surface area contributed by atoms with Gasteiger partial charge in [0.15, 0.2) is 0 Å². The summed E-state index contributed by atoms with van der Waals surface area (Å²) in [7, 11) is 3.90. The van der Waals surface area contributed by atoms with Gasteiger partial charge in [-0.2, -0.15) is 0 Å². The molecule has 0 spiro atoms. The molecule has 0 aliphatic heterocycles. The van der Waals surface area contributed by atoms with Crippen LogP contribution in [0.3, 0.4) is 0 Å². The second kappa shape index (κ2) is 7.21. The Morgan fingerprint density at radius 1 is 1.26 bits per heavy atom. The molecular formula is C16H21BS2. The summed E-state index contributed by atoms with van der Waals surface area (Å²) in [5.41, 5.74) is 2.81. The molecule has 0 atom stereocenters. The van der Waals surface area contributed by atoms with E-state index < -0.39 is 0 Å². The molecule has 2 rings (SSSR count). The summed E-state index contributed by atoms with van der Waals surface area (Å²) in [5, 5.41) is 2.16. The van der Waals surface area contributed by atoms with Crippen LogP contribution in [0.5, 0.6) is 0 Å². The second-order valence-corrected chi connectivity index (χ2v) is 7.08. The third-order valence-corrected chi connectivity index (χ3v) is 5.66. The van der Waals surface area contributed by atoms with Crippen LogP contribution < -0.4 is 0 Å². The Morgan fingerprint density at radius 2 is 2.11 bits per heavy atom. The van der Waals surface area contributed by atoms with E-state index in [1.54, 1.807) is 5.56 Å². The van der Waals surface area contributed by atoms with Gasteiger partial charge in [-0.3, -0.25) is 0 Å². The molecule has 0 N–H and O–H groups in total. The summed E-state index contributed by atoms with van der Waals surface area (Å²) < 4.78 is 0. The molecule has 0 fully saturated rings. The molecule has 19 heavy (non-hydrogen) atoms. The van der Waals surface area contributed by atoms with Crippen molar-refractivity contribution in [3.05, 3.63) is 33.5 Å². The van der Waals surface area contributed by atoms with E-state index in [1.165, 1.54) is 52.3 Å². The van der Waals surface area contributed by atoms with Crippen LogP contribution in [0, 0.1) is 6.92 Å². The molecule has 0 unspecified atom stereocenters. The van der Waals surface area contributed by atoms with Gasteiger partial charge in [0.1, 0.15) is 0 Å². The van der Waals surface area contributed by atoms with E-state index in [2.05, 4.69) is 38.8 Å². The van der Waals surface area contributed by atoms with E-state index in [0.717, 1.165) is 0 Å². The maximum absolute atomic E-state index is 3.90. The standard InChI is InChI=1S/C16H21BS2/c1-3-4-5-6-7-13-10-15(19-12(13)2)16-14(11-17)8-9-18-16/h8-11,17H,3-7H2,1-2H3. The zero-order chi connectivity index (χ0) is 13.7. The predicted octanol–water partition coefficient (Wildman–Crippen LogP) is 4.96. The van der Waals surface area contributed by atoms with Crippen LogP contribution in [-0.4, -0.2) is 13.5 Å². The molecule has 2 heterocycles. The summed E-state index contributed by atoms with van der Waals surface area (Å²) in [6.07, 6.45) is 6.59. The number of hydrogen-bond donors (Lipinski definition) is 0. The molecule has 0 nitrogen and oxygen atoms in total. The van der Waals surface area contributed by atoms with E-state index in [1.807, 2.05) is 28.6 Å². The molecule has 0 saturated heterocycles. The van der Waals surface area contributed by atoms with Gasteiger partial charge in [-0.15, -0.1) is 0 Å². The van der Waals surface area contributed by atoms with Crippen molar-refractivity contribution in [1.29, 1.82) is 0 Å². The van der Waals surface area contributed by atoms with E-state index in [-0.39, 0.29) is 0 Å². The zero-order valence-corrected chi connectivity index (χ0v) is 13.5. The monoisotopic (exact) mass is 288 g/mol. The Morgan fingerprint density at radius 3 is 2.84 bits per heavy atom. The van der Waals surface area contributed by atoms with Crippen molar-refractivity contribution in [2.45, 2.75) is 46.0 Å². The molecule has 0 aromatic carbocycles. The summed E-state index contributed by atoms with van der Waals surface area (Å²) in [4.78, 5) is 4.27. The van der Waals surface area contributed by atoms with Crippen molar-refractivity contribution in [2.75, 3.05) is 0 Å². The minimum atomic E-state index is 1.23. The van der Waals surface area contributed by atoms with E-state index in [0.29, 0.717) is 0 Å². The first kappa shape index (κ1) is 14.7. The average molecular weight is 288 g/mol. The molecule has 0 aliphatic carbocycles. The number of thiophene rings is 2. The fraction of sp³-hybridized carbons (Fsp3) is 0.438. The van der Waals surface area contributed by atoms with E-state index in [4.69, 9.17) is 0 Å². The van der Waals surface area contributed by atoms with Crippen molar-refractivity contribution < 1.29 is 0 Å². The summed E-state index contributed by atoms with van der Waals surface area (Å²) in [6.45, 7) is 4.52. The zero-order valence-electron chi connectivity index (χ0n) is 11.9. The second-order valence-electron chi connectivity index (χ2n) is 4.91. The molecular weight excluding hydrogens is 267 g/mol. The van der Waals surface area contributed by atoms with Crippen LogP contribution >= 0.6 is 22.7 Å². The van der Waals surface area contributed by atoms with Gasteiger partial charge in [0, 0.05) is 0 Å². The fourth-order valence-electron chi connectivity index (χ4n) is 2.30. The summed E-state index contributed by atoms with van der Waals surface area (Å²) >= 11 is 3.75. The van der Waals surface area contributed by atoms with Crippen LogP contribution in [0.2, 0.25) is 0 Å². The number of rotatable bonds is 7. The predicted molar refractivity (Wildman–Crippen MR) is 92.5 cm³/mol. The quantitative estimate of drug-likeness (QED) is 0.499. The average Bonchev–Trinajstić information content (AvgIpc) is 3.01. The Labute approximate surface area is 125 Å². The summed E-state index contributed by atoms with van der Waals surface area (Å²) in [6, 6.07) is 4.55. The topological polar surface area (TPSA) is 0 Å². The molecule has 3 heteroatoms. The van der Waals surface area contributed by atoms with Crippen molar-refractivity contribution in [1.82, 2.24) is 0 Å². The SMILES string of the molecule is B=Cc1ccsc1-c1cc(CCCCCC)c(C)s1. The molecule has 2 aromatic rings. The van der Waals surface area contributed by atoms with Crippen molar-refractivity contribution in [3.63, 3.8) is 0 Å². The first-order valence-electron chi connectivity index (χ1n) is 7.06. The first-order chi connectivity index (χ1) is 9.26. The number of aryl methyl sites for hydroxylation is 2. The van der Waals surface area contributed by atoms with Gasteiger partial charge >= 0.3 is 125 Å². The normalized spacial score (nSPS) is 10.8.